The summed E-state index contributed by atoms with van der Waals surface area (Å²) in [6, 6.07) is 29.6. The lowest BCUT2D eigenvalue weighted by Gasteiger charge is -2.46. The molecule has 0 radical (unpaired) electrons. The first-order valence-corrected chi connectivity index (χ1v) is 19.9. The average molecular weight is 678 g/mol. The van der Waals surface area contributed by atoms with Crippen LogP contribution in [0.2, 0.25) is 0 Å². The van der Waals surface area contributed by atoms with Crippen LogP contribution in [0.3, 0.4) is 0 Å². The molecule has 0 atom stereocenters. The van der Waals surface area contributed by atoms with Gasteiger partial charge in [0.15, 0.2) is 0 Å². The van der Waals surface area contributed by atoms with E-state index in [9.17, 15) is 0 Å². The molecule has 1 aromatic heterocycles. The van der Waals surface area contributed by atoms with E-state index in [-0.39, 0.29) is 33.8 Å². The Morgan fingerprint density at radius 1 is 0.580 bits per heavy atom. The van der Waals surface area contributed by atoms with Gasteiger partial charge in [0.1, 0.15) is 0 Å². The Bertz CT molecular complexity index is 2190. The number of benzene rings is 4. The third-order valence-electron chi connectivity index (χ3n) is 13.1. The molecule has 0 saturated carbocycles. The standard InChI is InChI=1S/C47H56BNS/c1-29-13-17-37-39(23-29)49(32-15-16-33-34(26-32)45(7,8)20-19-44(33,5)6)40-28-36-35(46(9,10)21-22-47(36,11)12)27-38(40)48(37)42-25-30-24-31(43(2,3)4)14-18-41(30)50-42/h13-18,23-28H,19-22H2,1-12H3. The molecule has 1 nitrogen and oxygen atoms in total. The van der Waals surface area contributed by atoms with Crippen LogP contribution in [0.4, 0.5) is 17.1 Å². The maximum Gasteiger partial charge on any atom is 0.259 e. The van der Waals surface area contributed by atoms with Crippen LogP contribution in [0.5, 0.6) is 0 Å². The Kier molecular flexibility index (Phi) is 7.35. The monoisotopic (exact) mass is 677 g/mol. The molecule has 0 N–H and O–H groups in total. The molecule has 0 unspecified atom stereocenters. The van der Waals surface area contributed by atoms with Gasteiger partial charge in [0.2, 0.25) is 0 Å². The molecule has 1 aliphatic heterocycles. The molecule has 8 rings (SSSR count). The maximum absolute atomic E-state index is 2.66. The zero-order chi connectivity index (χ0) is 35.8. The lowest BCUT2D eigenvalue weighted by atomic mass is 9.37. The lowest BCUT2D eigenvalue weighted by Crippen LogP contribution is -2.57. The minimum Gasteiger partial charge on any atom is -0.311 e. The summed E-state index contributed by atoms with van der Waals surface area (Å²) in [6.45, 7) is 29.1. The van der Waals surface area contributed by atoms with E-state index in [0.29, 0.717) is 0 Å². The van der Waals surface area contributed by atoms with Crippen LogP contribution < -0.4 is 20.6 Å². The number of hydrogen-bond donors (Lipinski definition) is 0. The number of anilines is 3. The van der Waals surface area contributed by atoms with E-state index in [4.69, 9.17) is 0 Å². The van der Waals surface area contributed by atoms with Crippen molar-refractivity contribution in [1.82, 2.24) is 0 Å². The fourth-order valence-electron chi connectivity index (χ4n) is 9.41. The van der Waals surface area contributed by atoms with Gasteiger partial charge in [0.05, 0.1) is 0 Å². The molecule has 5 aromatic rings. The van der Waals surface area contributed by atoms with Gasteiger partial charge in [-0.1, -0.05) is 106 Å². The minimum atomic E-state index is 0.120. The molecule has 0 bridgehead atoms. The third-order valence-corrected chi connectivity index (χ3v) is 14.3. The van der Waals surface area contributed by atoms with Crippen molar-refractivity contribution in [3.8, 4) is 0 Å². The van der Waals surface area contributed by atoms with Crippen LogP contribution >= 0.6 is 11.3 Å². The summed E-state index contributed by atoms with van der Waals surface area (Å²) in [7, 11) is 0. The smallest absolute Gasteiger partial charge is 0.259 e. The van der Waals surface area contributed by atoms with Gasteiger partial charge in [-0.2, -0.15) is 0 Å². The van der Waals surface area contributed by atoms with E-state index in [1.54, 1.807) is 0 Å². The van der Waals surface area contributed by atoms with Crippen LogP contribution in [0, 0.1) is 6.92 Å². The molecule has 50 heavy (non-hydrogen) atoms. The fourth-order valence-corrected chi connectivity index (χ4v) is 10.6. The second kappa shape index (κ2) is 10.9. The molecular formula is C47H56BNS. The summed E-state index contributed by atoms with van der Waals surface area (Å²) in [5.74, 6) is 0. The topological polar surface area (TPSA) is 3.24 Å². The van der Waals surface area contributed by atoms with Gasteiger partial charge >= 0.3 is 0 Å². The Morgan fingerprint density at radius 2 is 1.16 bits per heavy atom. The summed E-state index contributed by atoms with van der Waals surface area (Å²) in [4.78, 5) is 2.65. The first-order chi connectivity index (χ1) is 23.3. The maximum atomic E-state index is 2.66. The Morgan fingerprint density at radius 3 is 1.80 bits per heavy atom. The summed E-state index contributed by atoms with van der Waals surface area (Å²) in [5.41, 5.74) is 16.3. The van der Waals surface area contributed by atoms with Gasteiger partial charge in [-0.3, -0.25) is 0 Å². The van der Waals surface area contributed by atoms with Gasteiger partial charge in [-0.15, -0.1) is 11.3 Å². The van der Waals surface area contributed by atoms with Gasteiger partial charge in [-0.05, 0) is 157 Å². The molecule has 4 aromatic carbocycles. The minimum absolute atomic E-state index is 0.120. The van der Waals surface area contributed by atoms with Crippen LogP contribution in [0.15, 0.2) is 72.8 Å². The van der Waals surface area contributed by atoms with Gasteiger partial charge in [0, 0.05) is 21.8 Å². The number of thiophene rings is 1. The second-order valence-corrected chi connectivity index (χ2v) is 20.8. The molecule has 2 aliphatic carbocycles. The van der Waals surface area contributed by atoms with Crippen molar-refractivity contribution in [3.05, 3.63) is 106 Å². The second-order valence-electron chi connectivity index (χ2n) is 19.7. The van der Waals surface area contributed by atoms with Crippen molar-refractivity contribution in [1.29, 1.82) is 0 Å². The van der Waals surface area contributed by atoms with Crippen LogP contribution in [-0.2, 0) is 27.1 Å². The van der Waals surface area contributed by atoms with E-state index in [2.05, 4.69) is 161 Å². The van der Waals surface area contributed by atoms with Crippen LogP contribution in [0.1, 0.15) is 135 Å². The quantitative estimate of drug-likeness (QED) is 0.165. The van der Waals surface area contributed by atoms with Crippen LogP contribution in [-0.4, -0.2) is 6.71 Å². The lowest BCUT2D eigenvalue weighted by molar-refractivity contribution is 0.332. The van der Waals surface area contributed by atoms with Crippen molar-refractivity contribution >= 4 is 60.9 Å². The van der Waals surface area contributed by atoms with E-state index in [1.165, 1.54) is 102 Å². The SMILES string of the molecule is Cc1ccc2c(c1)N(c1ccc3c(c1)C(C)(C)CCC3(C)C)c1cc3c(cc1B2c1cc2cc(C(C)(C)C)ccc2s1)C(C)(C)CCC3(C)C. The van der Waals surface area contributed by atoms with Crippen LogP contribution in [0.25, 0.3) is 10.1 Å². The molecule has 0 amide bonds. The largest absolute Gasteiger partial charge is 0.311 e. The highest BCUT2D eigenvalue weighted by Gasteiger charge is 2.44. The van der Waals surface area contributed by atoms with Gasteiger partial charge in [0.25, 0.3) is 6.71 Å². The van der Waals surface area contributed by atoms with Crippen molar-refractivity contribution in [2.75, 3.05) is 4.90 Å². The van der Waals surface area contributed by atoms with Crippen molar-refractivity contribution in [2.45, 2.75) is 136 Å². The van der Waals surface area contributed by atoms with Gasteiger partial charge < -0.3 is 4.90 Å². The summed E-state index contributed by atoms with van der Waals surface area (Å²) < 4.78 is 2.82. The first kappa shape index (κ1) is 33.8. The van der Waals surface area contributed by atoms with E-state index in [0.717, 1.165) is 0 Å². The molecule has 258 valence electrons. The number of rotatable bonds is 2. The Labute approximate surface area is 306 Å². The molecule has 2 heterocycles. The zero-order valence-corrected chi connectivity index (χ0v) is 33.5. The summed E-state index contributed by atoms with van der Waals surface area (Å²) >= 11 is 1.99. The number of nitrogens with zero attached hydrogens (tertiary/aromatic N) is 1. The van der Waals surface area contributed by atoms with Crippen molar-refractivity contribution in [2.24, 2.45) is 0 Å². The summed E-state index contributed by atoms with van der Waals surface area (Å²) in [5, 5.41) is 1.37. The number of hydrogen-bond acceptors (Lipinski definition) is 2. The van der Waals surface area contributed by atoms with E-state index < -0.39 is 0 Å². The average Bonchev–Trinajstić information content (AvgIpc) is 3.46. The Balaban J connectivity index is 1.42. The van der Waals surface area contributed by atoms with Crippen molar-refractivity contribution in [3.63, 3.8) is 0 Å². The highest BCUT2D eigenvalue weighted by Crippen LogP contribution is 2.51. The fraction of sp³-hybridized carbons (Fsp3) is 0.447. The predicted octanol–water partition coefficient (Wildman–Crippen LogP) is 11.5. The molecule has 0 fully saturated rings. The Hall–Kier alpha value is -3.30. The first-order valence-electron chi connectivity index (χ1n) is 19.1. The normalized spacial score (nSPS) is 19.8. The number of fused-ring (bicyclic) bond motifs is 5. The van der Waals surface area contributed by atoms with E-state index in [1.807, 2.05) is 11.3 Å². The molecule has 3 aliphatic rings. The third kappa shape index (κ3) is 5.24. The zero-order valence-electron chi connectivity index (χ0n) is 32.7. The molecule has 3 heteroatoms. The van der Waals surface area contributed by atoms with E-state index >= 15 is 0 Å². The highest BCUT2D eigenvalue weighted by atomic mass is 32.1. The number of aryl methyl sites for hydroxylation is 1. The summed E-state index contributed by atoms with van der Waals surface area (Å²) in [6.07, 6.45) is 4.86. The van der Waals surface area contributed by atoms with Gasteiger partial charge in [-0.25, -0.2) is 0 Å². The molecular weight excluding hydrogens is 621 g/mol. The predicted molar refractivity (Wildman–Crippen MR) is 222 cm³/mol. The highest BCUT2D eigenvalue weighted by molar-refractivity contribution is 7.32. The molecule has 0 saturated heterocycles. The molecule has 0 spiro atoms. The van der Waals surface area contributed by atoms with Crippen molar-refractivity contribution < 1.29 is 0 Å².